The Bertz CT molecular complexity index is 334. The third-order valence-corrected chi connectivity index (χ3v) is 3.79. The van der Waals surface area contributed by atoms with Crippen molar-refractivity contribution in [1.29, 1.82) is 0 Å². The molecule has 0 aromatic rings. The number of carbonyl (C=O) groups excluding carboxylic acids is 1. The fraction of sp³-hybridized carbons (Fsp3) is 0.750. The van der Waals surface area contributed by atoms with Crippen LogP contribution in [0.4, 0.5) is 0 Å². The first kappa shape index (κ1) is 15.4. The highest BCUT2D eigenvalue weighted by atomic mass is 32.2. The van der Waals surface area contributed by atoms with Gasteiger partial charge in [-0.15, -0.1) is 0 Å². The van der Waals surface area contributed by atoms with Crippen molar-refractivity contribution in [3.05, 3.63) is 12.0 Å². The minimum Gasteiger partial charge on any atom is -0.299 e. The number of unbranched alkanes of at least 4 members (excludes halogenated alkanes) is 2. The molecule has 94 valence electrons. The number of Topliss-reactive ketones (excluding diaryl/α,β-unsaturated/α-hetero) is 1. The lowest BCUT2D eigenvalue weighted by Crippen LogP contribution is -2.19. The van der Waals surface area contributed by atoms with E-state index in [-0.39, 0.29) is 17.0 Å². The molecule has 0 aromatic heterocycles. The van der Waals surface area contributed by atoms with Crippen LogP contribution in [0.25, 0.3) is 0 Å². The molecule has 0 aliphatic carbocycles. The largest absolute Gasteiger partial charge is 0.299 e. The minimum absolute atomic E-state index is 0.139. The maximum Gasteiger partial charge on any atom is 0.171 e. The van der Waals surface area contributed by atoms with Gasteiger partial charge in [0, 0.05) is 17.2 Å². The standard InChI is InChI=1S/C12H22O3S/c1-5-16(14,15)10-8-6-7-9-11(13)12(2,3)4/h5H,1,6-10H2,2-4H3. The summed E-state index contributed by atoms with van der Waals surface area (Å²) in [5.41, 5.74) is -0.285. The van der Waals surface area contributed by atoms with E-state index in [1.54, 1.807) is 0 Å². The van der Waals surface area contributed by atoms with Crippen molar-refractivity contribution in [2.24, 2.45) is 5.41 Å². The topological polar surface area (TPSA) is 51.2 Å². The summed E-state index contributed by atoms with van der Waals surface area (Å²) >= 11 is 0. The molecule has 0 saturated heterocycles. The van der Waals surface area contributed by atoms with Crippen molar-refractivity contribution in [2.45, 2.75) is 46.5 Å². The molecule has 0 aliphatic rings. The van der Waals surface area contributed by atoms with E-state index in [0.29, 0.717) is 12.8 Å². The molecular formula is C12H22O3S. The van der Waals surface area contributed by atoms with Gasteiger partial charge in [0.15, 0.2) is 9.84 Å². The first-order chi connectivity index (χ1) is 7.19. The summed E-state index contributed by atoms with van der Waals surface area (Å²) in [6, 6.07) is 0. The van der Waals surface area contributed by atoms with Gasteiger partial charge < -0.3 is 0 Å². The molecule has 0 rings (SSSR count). The van der Waals surface area contributed by atoms with E-state index in [1.807, 2.05) is 20.8 Å². The van der Waals surface area contributed by atoms with Gasteiger partial charge in [0.2, 0.25) is 0 Å². The quantitative estimate of drug-likeness (QED) is 0.649. The Balaban J connectivity index is 3.71. The van der Waals surface area contributed by atoms with Crippen molar-refractivity contribution in [3.63, 3.8) is 0 Å². The van der Waals surface area contributed by atoms with Crippen LogP contribution >= 0.6 is 0 Å². The highest BCUT2D eigenvalue weighted by Gasteiger charge is 2.19. The van der Waals surface area contributed by atoms with Gasteiger partial charge in [-0.2, -0.15) is 0 Å². The molecule has 0 radical (unpaired) electrons. The average Bonchev–Trinajstić information content (AvgIpc) is 2.15. The number of ketones is 1. The fourth-order valence-corrected chi connectivity index (χ4v) is 2.00. The molecule has 0 aromatic carbocycles. The van der Waals surface area contributed by atoms with E-state index in [4.69, 9.17) is 0 Å². The Morgan fingerprint density at radius 3 is 2.19 bits per heavy atom. The normalized spacial score (nSPS) is 12.4. The molecule has 16 heavy (non-hydrogen) atoms. The summed E-state index contributed by atoms with van der Waals surface area (Å²) in [5, 5.41) is 0.993. The summed E-state index contributed by atoms with van der Waals surface area (Å²) in [4.78, 5) is 11.5. The van der Waals surface area contributed by atoms with Crippen LogP contribution in [0.15, 0.2) is 12.0 Å². The third kappa shape index (κ3) is 6.77. The maximum absolute atomic E-state index is 11.5. The molecule has 4 heteroatoms. The zero-order valence-electron chi connectivity index (χ0n) is 10.5. The van der Waals surface area contributed by atoms with Gasteiger partial charge in [0.05, 0.1) is 5.75 Å². The Morgan fingerprint density at radius 1 is 1.19 bits per heavy atom. The second kappa shape index (κ2) is 6.18. The van der Waals surface area contributed by atoms with Crippen LogP contribution in [0.2, 0.25) is 0 Å². The number of rotatable bonds is 7. The third-order valence-electron chi connectivity index (χ3n) is 2.42. The Morgan fingerprint density at radius 2 is 1.75 bits per heavy atom. The average molecular weight is 246 g/mol. The van der Waals surface area contributed by atoms with Crippen molar-refractivity contribution >= 4 is 15.6 Å². The lowest BCUT2D eigenvalue weighted by Gasteiger charge is -2.15. The predicted molar refractivity (Wildman–Crippen MR) is 66.9 cm³/mol. The van der Waals surface area contributed by atoms with Crippen LogP contribution in [0, 0.1) is 5.41 Å². The number of hydrogen-bond donors (Lipinski definition) is 0. The molecule has 0 fully saturated rings. The highest BCUT2D eigenvalue weighted by molar-refractivity contribution is 7.94. The number of hydrogen-bond acceptors (Lipinski definition) is 3. The van der Waals surface area contributed by atoms with Gasteiger partial charge >= 0.3 is 0 Å². The second-order valence-corrected chi connectivity index (χ2v) is 7.08. The van der Waals surface area contributed by atoms with Crippen LogP contribution in [0.1, 0.15) is 46.5 Å². The lowest BCUT2D eigenvalue weighted by molar-refractivity contribution is -0.126. The van der Waals surface area contributed by atoms with Gasteiger partial charge in [-0.05, 0) is 12.8 Å². The van der Waals surface area contributed by atoms with Crippen LogP contribution in [0.3, 0.4) is 0 Å². The van der Waals surface area contributed by atoms with Gasteiger partial charge in [0.1, 0.15) is 5.78 Å². The summed E-state index contributed by atoms with van der Waals surface area (Å²) < 4.78 is 22.1. The summed E-state index contributed by atoms with van der Waals surface area (Å²) in [6.45, 7) is 8.95. The SMILES string of the molecule is C=CS(=O)(=O)CCCCCC(=O)C(C)(C)C. The second-order valence-electron chi connectivity index (χ2n) is 5.02. The van der Waals surface area contributed by atoms with E-state index in [9.17, 15) is 13.2 Å². The first-order valence-corrected chi connectivity index (χ1v) is 7.29. The summed E-state index contributed by atoms with van der Waals surface area (Å²) in [6.07, 6.45) is 2.68. The van der Waals surface area contributed by atoms with Crippen molar-refractivity contribution in [3.8, 4) is 0 Å². The van der Waals surface area contributed by atoms with Crippen molar-refractivity contribution < 1.29 is 13.2 Å². The smallest absolute Gasteiger partial charge is 0.171 e. The molecule has 0 saturated carbocycles. The van der Waals surface area contributed by atoms with E-state index < -0.39 is 9.84 Å². The van der Waals surface area contributed by atoms with Crippen LogP contribution in [-0.4, -0.2) is 20.0 Å². The molecule has 0 unspecified atom stereocenters. The fourth-order valence-electron chi connectivity index (χ4n) is 1.22. The van der Waals surface area contributed by atoms with Crippen molar-refractivity contribution in [2.75, 3.05) is 5.75 Å². The molecule has 0 aliphatic heterocycles. The molecule has 0 amide bonds. The monoisotopic (exact) mass is 246 g/mol. The van der Waals surface area contributed by atoms with E-state index in [2.05, 4.69) is 6.58 Å². The number of carbonyl (C=O) groups is 1. The minimum atomic E-state index is -3.07. The number of sulfone groups is 1. The molecule has 0 bridgehead atoms. The van der Waals surface area contributed by atoms with Gasteiger partial charge in [-0.3, -0.25) is 4.79 Å². The molecule has 0 spiro atoms. The molecule has 0 N–H and O–H groups in total. The summed E-state index contributed by atoms with van der Waals surface area (Å²) in [7, 11) is -3.07. The van der Waals surface area contributed by atoms with Crippen LogP contribution in [0.5, 0.6) is 0 Å². The Labute approximate surface area is 98.9 Å². The Hall–Kier alpha value is -0.640. The first-order valence-electron chi connectivity index (χ1n) is 5.57. The molecule has 3 nitrogen and oxygen atoms in total. The van der Waals surface area contributed by atoms with Crippen LogP contribution in [-0.2, 0) is 14.6 Å². The molecule has 0 heterocycles. The van der Waals surface area contributed by atoms with Crippen molar-refractivity contribution in [1.82, 2.24) is 0 Å². The summed E-state index contributed by atoms with van der Waals surface area (Å²) in [5.74, 6) is 0.374. The van der Waals surface area contributed by atoms with E-state index in [1.165, 1.54) is 0 Å². The lowest BCUT2D eigenvalue weighted by atomic mass is 9.88. The highest BCUT2D eigenvalue weighted by Crippen LogP contribution is 2.18. The Kier molecular flexibility index (Phi) is 5.94. The zero-order valence-corrected chi connectivity index (χ0v) is 11.3. The molecular weight excluding hydrogens is 224 g/mol. The van der Waals surface area contributed by atoms with Gasteiger partial charge in [0.25, 0.3) is 0 Å². The predicted octanol–water partition coefficient (Wildman–Crippen LogP) is 2.72. The van der Waals surface area contributed by atoms with E-state index in [0.717, 1.165) is 18.2 Å². The zero-order chi connectivity index (χ0) is 12.8. The van der Waals surface area contributed by atoms with Crippen LogP contribution < -0.4 is 0 Å². The van der Waals surface area contributed by atoms with E-state index >= 15 is 0 Å². The van der Waals surface area contributed by atoms with Gasteiger partial charge in [-0.25, -0.2) is 8.42 Å². The molecule has 0 atom stereocenters. The maximum atomic E-state index is 11.5. The van der Waals surface area contributed by atoms with Gasteiger partial charge in [-0.1, -0.05) is 33.8 Å².